The largest absolute Gasteiger partial charge is 0.379 e. The SMILES string of the molecule is O=C(c1ccccc1)c1[nH]c2cc(Cl)ccc2c1NC(=O)C(F)(F)C(F)(Cl)C(F)(F)Cl. The molecule has 12 heteroatoms. The van der Waals surface area contributed by atoms with Crippen LogP contribution in [0.15, 0.2) is 48.5 Å². The topological polar surface area (TPSA) is 62.0 Å². The average Bonchev–Trinajstić information content (AvgIpc) is 3.04. The number of fused-ring (bicyclic) bond motifs is 1. The van der Waals surface area contributed by atoms with Crippen LogP contribution in [0.3, 0.4) is 0 Å². The lowest BCUT2D eigenvalue weighted by molar-refractivity contribution is -0.181. The second kappa shape index (κ2) is 7.96. The van der Waals surface area contributed by atoms with Gasteiger partial charge < -0.3 is 10.3 Å². The first-order chi connectivity index (χ1) is 14.3. The molecule has 1 heterocycles. The summed E-state index contributed by atoms with van der Waals surface area (Å²) in [6, 6.07) is 11.5. The van der Waals surface area contributed by atoms with Crippen LogP contribution in [-0.4, -0.2) is 33.1 Å². The van der Waals surface area contributed by atoms with Crippen LogP contribution >= 0.6 is 34.8 Å². The Morgan fingerprint density at radius 2 is 1.55 bits per heavy atom. The summed E-state index contributed by atoms with van der Waals surface area (Å²) in [5, 5.41) is -8.67. The third-order valence-corrected chi connectivity index (χ3v) is 5.36. The van der Waals surface area contributed by atoms with Crippen LogP contribution in [-0.2, 0) is 4.79 Å². The van der Waals surface area contributed by atoms with Gasteiger partial charge in [0.25, 0.3) is 5.91 Å². The molecule has 1 atom stereocenters. The van der Waals surface area contributed by atoms with E-state index in [4.69, 9.17) is 11.6 Å². The zero-order valence-corrected chi connectivity index (χ0v) is 17.2. The quantitative estimate of drug-likeness (QED) is 0.235. The summed E-state index contributed by atoms with van der Waals surface area (Å²) in [4.78, 5) is 27.6. The summed E-state index contributed by atoms with van der Waals surface area (Å²) in [6.07, 6.45) is 0. The summed E-state index contributed by atoms with van der Waals surface area (Å²) >= 11 is 14.8. The van der Waals surface area contributed by atoms with Crippen LogP contribution in [0.1, 0.15) is 16.1 Å². The summed E-state index contributed by atoms with van der Waals surface area (Å²) < 4.78 is 68.5. The molecule has 0 aliphatic rings. The van der Waals surface area contributed by atoms with Crippen LogP contribution in [0.2, 0.25) is 5.02 Å². The number of carbonyl (C=O) groups excluding carboxylic acids is 2. The fourth-order valence-corrected chi connectivity index (χ4v) is 3.09. The number of rotatable bonds is 6. The maximum atomic E-state index is 14.2. The van der Waals surface area contributed by atoms with E-state index >= 15 is 0 Å². The van der Waals surface area contributed by atoms with Gasteiger partial charge in [0, 0.05) is 21.5 Å². The van der Waals surface area contributed by atoms with E-state index in [1.807, 2.05) is 0 Å². The summed E-state index contributed by atoms with van der Waals surface area (Å²) in [7, 11) is 0. The van der Waals surface area contributed by atoms with Gasteiger partial charge in [-0.05, 0) is 29.8 Å². The van der Waals surface area contributed by atoms with Crippen molar-refractivity contribution in [1.82, 2.24) is 4.98 Å². The van der Waals surface area contributed by atoms with Gasteiger partial charge >= 0.3 is 16.4 Å². The van der Waals surface area contributed by atoms with E-state index in [9.17, 15) is 31.5 Å². The smallest absolute Gasteiger partial charge is 0.350 e. The van der Waals surface area contributed by atoms with Crippen molar-refractivity contribution >= 4 is 63.1 Å². The molecule has 1 amide bonds. The van der Waals surface area contributed by atoms with Crippen molar-refractivity contribution < 1.29 is 31.5 Å². The van der Waals surface area contributed by atoms with E-state index in [0.29, 0.717) is 0 Å². The van der Waals surface area contributed by atoms with Gasteiger partial charge in [-0.25, -0.2) is 4.39 Å². The Kier molecular flexibility index (Phi) is 5.98. The molecule has 3 rings (SSSR count). The number of hydrogen-bond donors (Lipinski definition) is 2. The van der Waals surface area contributed by atoms with E-state index in [2.05, 4.69) is 28.2 Å². The average molecular weight is 500 g/mol. The fraction of sp³-hybridized carbons (Fsp3) is 0.158. The van der Waals surface area contributed by atoms with Gasteiger partial charge in [-0.1, -0.05) is 53.5 Å². The van der Waals surface area contributed by atoms with Gasteiger partial charge in [-0.15, -0.1) is 0 Å². The van der Waals surface area contributed by atoms with Crippen LogP contribution in [0.25, 0.3) is 10.9 Å². The Labute approximate surface area is 186 Å². The number of nitrogens with one attached hydrogen (secondary N) is 2. The molecule has 0 spiro atoms. The van der Waals surface area contributed by atoms with Crippen LogP contribution < -0.4 is 5.32 Å². The fourth-order valence-electron chi connectivity index (χ4n) is 2.72. The lowest BCUT2D eigenvalue weighted by atomic mass is 10.1. The van der Waals surface area contributed by atoms with E-state index in [1.54, 1.807) is 11.4 Å². The van der Waals surface area contributed by atoms with Crippen molar-refractivity contribution in [1.29, 1.82) is 0 Å². The standard InChI is InChI=1S/C19H10Cl3F5N2O2/c20-10-6-7-11-12(8-10)28-14(15(30)9-4-2-1-3-5-9)13(11)29-16(31)17(23,24)18(21,25)19(22,26)27/h1-8,28H,(H,29,31). The van der Waals surface area contributed by atoms with Gasteiger partial charge in [0.1, 0.15) is 5.69 Å². The summed E-state index contributed by atoms with van der Waals surface area (Å²) in [5.74, 6) is -8.75. The number of H-pyrrole nitrogens is 1. The highest BCUT2D eigenvalue weighted by molar-refractivity contribution is 6.35. The zero-order valence-electron chi connectivity index (χ0n) is 15.0. The second-order valence-corrected chi connectivity index (χ2v) is 7.79. The molecule has 1 unspecified atom stereocenters. The highest BCUT2D eigenvalue weighted by Crippen LogP contribution is 2.50. The lowest BCUT2D eigenvalue weighted by Crippen LogP contribution is -2.56. The Morgan fingerprint density at radius 3 is 2.13 bits per heavy atom. The molecule has 4 nitrogen and oxygen atoms in total. The molecule has 2 aromatic carbocycles. The first kappa shape index (κ1) is 23.3. The number of amides is 1. The minimum Gasteiger partial charge on any atom is -0.350 e. The molecular formula is C19H10Cl3F5N2O2. The van der Waals surface area contributed by atoms with Crippen molar-refractivity contribution in [2.24, 2.45) is 0 Å². The molecule has 3 aromatic rings. The van der Waals surface area contributed by atoms with Crippen molar-refractivity contribution in [2.75, 3.05) is 5.32 Å². The molecule has 0 fully saturated rings. The van der Waals surface area contributed by atoms with E-state index in [0.717, 1.165) is 0 Å². The van der Waals surface area contributed by atoms with Crippen LogP contribution in [0, 0.1) is 0 Å². The number of alkyl halides is 7. The predicted molar refractivity (Wildman–Crippen MR) is 107 cm³/mol. The highest BCUT2D eigenvalue weighted by atomic mass is 35.5. The van der Waals surface area contributed by atoms with Crippen LogP contribution in [0.5, 0.6) is 0 Å². The van der Waals surface area contributed by atoms with E-state index < -0.39 is 33.8 Å². The van der Waals surface area contributed by atoms with Gasteiger partial charge in [0.15, 0.2) is 0 Å². The van der Waals surface area contributed by atoms with Crippen molar-refractivity contribution in [2.45, 2.75) is 16.4 Å². The molecule has 0 saturated carbocycles. The van der Waals surface area contributed by atoms with Gasteiger partial charge in [-0.2, -0.15) is 17.6 Å². The second-order valence-electron chi connectivity index (χ2n) is 6.36. The van der Waals surface area contributed by atoms with E-state index in [1.165, 1.54) is 42.5 Å². The number of halogens is 8. The number of ketones is 1. The monoisotopic (exact) mass is 498 g/mol. The Hall–Kier alpha value is -2.36. The maximum Gasteiger partial charge on any atom is 0.379 e. The molecule has 31 heavy (non-hydrogen) atoms. The van der Waals surface area contributed by atoms with Crippen molar-refractivity contribution in [3.63, 3.8) is 0 Å². The molecule has 0 aliphatic carbocycles. The lowest BCUT2D eigenvalue weighted by Gasteiger charge is -2.29. The molecule has 0 bridgehead atoms. The zero-order chi connectivity index (χ0) is 23.2. The first-order valence-corrected chi connectivity index (χ1v) is 9.45. The number of aromatic nitrogens is 1. The Bertz CT molecular complexity index is 1160. The van der Waals surface area contributed by atoms with E-state index in [-0.39, 0.29) is 27.2 Å². The predicted octanol–water partition coefficient (Wildman–Crippen LogP) is 6.36. The van der Waals surface area contributed by atoms with Crippen molar-refractivity contribution in [3.05, 3.63) is 64.8 Å². The number of hydrogen-bond acceptors (Lipinski definition) is 2. The highest BCUT2D eigenvalue weighted by Gasteiger charge is 2.72. The van der Waals surface area contributed by atoms with Crippen molar-refractivity contribution in [3.8, 4) is 0 Å². The van der Waals surface area contributed by atoms with Gasteiger partial charge in [-0.3, -0.25) is 9.59 Å². The van der Waals surface area contributed by atoms with Crippen LogP contribution in [0.4, 0.5) is 27.6 Å². The third-order valence-electron chi connectivity index (χ3n) is 4.30. The summed E-state index contributed by atoms with van der Waals surface area (Å²) in [5.41, 5.74) is -0.600. The number of aromatic amines is 1. The maximum absolute atomic E-state index is 14.2. The Balaban J connectivity index is 2.11. The minimum atomic E-state index is -5.48. The Morgan fingerprint density at radius 1 is 0.935 bits per heavy atom. The molecule has 164 valence electrons. The normalized spacial score (nSPS) is 14.3. The molecular weight excluding hydrogens is 490 g/mol. The molecule has 0 radical (unpaired) electrons. The molecule has 2 N–H and O–H groups in total. The number of benzene rings is 2. The molecule has 1 aromatic heterocycles. The number of anilines is 1. The molecule has 0 aliphatic heterocycles. The third kappa shape index (κ3) is 4.09. The minimum absolute atomic E-state index is 0.0319. The first-order valence-electron chi connectivity index (χ1n) is 8.32. The molecule has 0 saturated heterocycles. The number of carbonyl (C=O) groups is 2. The van der Waals surface area contributed by atoms with Gasteiger partial charge in [0.05, 0.1) is 5.69 Å². The summed E-state index contributed by atoms with van der Waals surface area (Å²) in [6.45, 7) is 0. The van der Waals surface area contributed by atoms with Gasteiger partial charge in [0.2, 0.25) is 5.78 Å².